The van der Waals surface area contributed by atoms with Gasteiger partial charge in [0, 0.05) is 30.9 Å². The number of amides is 1. The van der Waals surface area contributed by atoms with Crippen molar-refractivity contribution in [3.63, 3.8) is 0 Å². The van der Waals surface area contributed by atoms with Gasteiger partial charge in [0.1, 0.15) is 0 Å². The van der Waals surface area contributed by atoms with E-state index in [4.69, 9.17) is 5.73 Å². The lowest BCUT2D eigenvalue weighted by molar-refractivity contribution is -0.122. The molecule has 18 heavy (non-hydrogen) atoms. The van der Waals surface area contributed by atoms with Crippen molar-refractivity contribution in [1.82, 2.24) is 10.3 Å². The van der Waals surface area contributed by atoms with Crippen molar-refractivity contribution < 1.29 is 4.79 Å². The molecule has 1 atom stereocenters. The summed E-state index contributed by atoms with van der Waals surface area (Å²) in [5, 5.41) is 2.99. The first-order chi connectivity index (χ1) is 8.43. The third kappa shape index (κ3) is 4.84. The highest BCUT2D eigenvalue weighted by Gasteiger charge is 2.24. The first kappa shape index (κ1) is 14.6. The maximum absolute atomic E-state index is 11.8. The molecule has 3 N–H and O–H groups in total. The van der Waals surface area contributed by atoms with Crippen LogP contribution < -0.4 is 11.1 Å². The highest BCUT2D eigenvalue weighted by atomic mass is 16.1. The van der Waals surface area contributed by atoms with Crippen LogP contribution in [0.3, 0.4) is 0 Å². The summed E-state index contributed by atoms with van der Waals surface area (Å²) in [5.74, 6) is 0.0334. The van der Waals surface area contributed by atoms with Crippen molar-refractivity contribution in [3.8, 4) is 0 Å². The summed E-state index contributed by atoms with van der Waals surface area (Å²) in [6.07, 6.45) is 2.85. The van der Waals surface area contributed by atoms with Crippen LogP contribution in [0.15, 0.2) is 24.4 Å². The van der Waals surface area contributed by atoms with Gasteiger partial charge in [-0.05, 0) is 24.0 Å². The zero-order valence-electron chi connectivity index (χ0n) is 11.4. The first-order valence-corrected chi connectivity index (χ1v) is 6.33. The van der Waals surface area contributed by atoms with Crippen LogP contribution in [0.5, 0.6) is 0 Å². The molecule has 0 aromatic carbocycles. The van der Waals surface area contributed by atoms with E-state index in [-0.39, 0.29) is 17.4 Å². The van der Waals surface area contributed by atoms with E-state index in [0.717, 1.165) is 5.69 Å². The van der Waals surface area contributed by atoms with Crippen molar-refractivity contribution in [2.45, 2.75) is 39.7 Å². The average Bonchev–Trinajstić information content (AvgIpc) is 2.33. The predicted octanol–water partition coefficient (Wildman–Crippen LogP) is 1.50. The Kier molecular flexibility index (Phi) is 5.28. The van der Waals surface area contributed by atoms with E-state index in [0.29, 0.717) is 19.4 Å². The number of aromatic nitrogens is 1. The van der Waals surface area contributed by atoms with Crippen LogP contribution in [0.2, 0.25) is 0 Å². The van der Waals surface area contributed by atoms with Gasteiger partial charge >= 0.3 is 0 Å². The number of nitrogens with one attached hydrogen (secondary N) is 1. The lowest BCUT2D eigenvalue weighted by Gasteiger charge is -2.30. The maximum atomic E-state index is 11.8. The Hall–Kier alpha value is -1.42. The lowest BCUT2D eigenvalue weighted by atomic mass is 9.86. The first-order valence-electron chi connectivity index (χ1n) is 6.33. The van der Waals surface area contributed by atoms with Crippen LogP contribution in [0.1, 0.15) is 32.9 Å². The molecular formula is C14H23N3O. The zero-order valence-corrected chi connectivity index (χ0v) is 11.4. The second-order valence-corrected chi connectivity index (χ2v) is 5.54. The summed E-state index contributed by atoms with van der Waals surface area (Å²) in [6, 6.07) is 5.73. The number of nitrogens with zero attached hydrogens (tertiary/aromatic N) is 1. The maximum Gasteiger partial charge on any atom is 0.220 e. The third-order valence-corrected chi connectivity index (χ3v) is 2.95. The minimum absolute atomic E-state index is 0.00809. The van der Waals surface area contributed by atoms with Crippen LogP contribution in [0.4, 0.5) is 0 Å². The summed E-state index contributed by atoms with van der Waals surface area (Å²) in [5.41, 5.74) is 6.61. The molecule has 0 spiro atoms. The number of hydrogen-bond acceptors (Lipinski definition) is 3. The van der Waals surface area contributed by atoms with E-state index in [1.165, 1.54) is 0 Å². The monoisotopic (exact) mass is 249 g/mol. The number of nitrogens with two attached hydrogens (primary N) is 1. The average molecular weight is 249 g/mol. The van der Waals surface area contributed by atoms with Gasteiger partial charge in [-0.2, -0.15) is 0 Å². The summed E-state index contributed by atoms with van der Waals surface area (Å²) >= 11 is 0. The molecule has 4 heteroatoms. The molecule has 4 nitrogen and oxygen atoms in total. The SMILES string of the molecule is CC(C)(C)C(CN)NC(=O)CCc1ccccn1. The molecule has 0 radical (unpaired) electrons. The number of hydrogen-bond donors (Lipinski definition) is 2. The Labute approximate surface area is 109 Å². The van der Waals surface area contributed by atoms with E-state index in [1.807, 2.05) is 18.2 Å². The molecule has 0 aliphatic heterocycles. The van der Waals surface area contributed by atoms with Crippen molar-refractivity contribution >= 4 is 5.91 Å². The number of pyridine rings is 1. The minimum Gasteiger partial charge on any atom is -0.352 e. The molecule has 1 heterocycles. The highest BCUT2D eigenvalue weighted by Crippen LogP contribution is 2.18. The van der Waals surface area contributed by atoms with Gasteiger partial charge in [-0.15, -0.1) is 0 Å². The topological polar surface area (TPSA) is 68.0 Å². The van der Waals surface area contributed by atoms with Crippen molar-refractivity contribution in [2.75, 3.05) is 6.54 Å². The second kappa shape index (κ2) is 6.50. The Bertz CT molecular complexity index is 370. The molecule has 1 aromatic rings. The van der Waals surface area contributed by atoms with Crippen molar-refractivity contribution in [1.29, 1.82) is 0 Å². The van der Waals surface area contributed by atoms with Crippen LogP contribution in [-0.2, 0) is 11.2 Å². The van der Waals surface area contributed by atoms with Crippen molar-refractivity contribution in [3.05, 3.63) is 30.1 Å². The van der Waals surface area contributed by atoms with Gasteiger partial charge in [-0.3, -0.25) is 9.78 Å². The number of carbonyl (C=O) groups excluding carboxylic acids is 1. The van der Waals surface area contributed by atoms with Gasteiger partial charge in [-0.25, -0.2) is 0 Å². The Balaban J connectivity index is 2.42. The molecule has 0 aliphatic rings. The standard InChI is InChI=1S/C14H23N3O/c1-14(2,3)12(10-15)17-13(18)8-7-11-6-4-5-9-16-11/h4-6,9,12H,7-8,10,15H2,1-3H3,(H,17,18). The molecule has 1 amide bonds. The fourth-order valence-electron chi connectivity index (χ4n) is 1.68. The van der Waals surface area contributed by atoms with E-state index in [1.54, 1.807) is 6.20 Å². The Morgan fingerprint density at radius 3 is 2.67 bits per heavy atom. The van der Waals surface area contributed by atoms with Crippen LogP contribution in [0, 0.1) is 5.41 Å². The number of aryl methyl sites for hydroxylation is 1. The van der Waals surface area contributed by atoms with E-state index >= 15 is 0 Å². The van der Waals surface area contributed by atoms with Gasteiger partial charge in [0.15, 0.2) is 0 Å². The molecule has 0 fully saturated rings. The smallest absolute Gasteiger partial charge is 0.220 e. The molecule has 1 unspecified atom stereocenters. The summed E-state index contributed by atoms with van der Waals surface area (Å²) in [7, 11) is 0. The number of carbonyl (C=O) groups is 1. The van der Waals surface area contributed by atoms with Crippen LogP contribution in [0.25, 0.3) is 0 Å². The Morgan fingerprint density at radius 2 is 2.17 bits per heavy atom. The Morgan fingerprint density at radius 1 is 1.44 bits per heavy atom. The highest BCUT2D eigenvalue weighted by molar-refractivity contribution is 5.76. The van der Waals surface area contributed by atoms with E-state index < -0.39 is 0 Å². The predicted molar refractivity (Wildman–Crippen MR) is 73.0 cm³/mol. The van der Waals surface area contributed by atoms with Gasteiger partial charge < -0.3 is 11.1 Å². The third-order valence-electron chi connectivity index (χ3n) is 2.95. The number of rotatable bonds is 5. The van der Waals surface area contributed by atoms with Crippen LogP contribution >= 0.6 is 0 Å². The fraction of sp³-hybridized carbons (Fsp3) is 0.571. The minimum atomic E-state index is -0.0184. The molecule has 0 aliphatic carbocycles. The molecule has 0 bridgehead atoms. The van der Waals surface area contributed by atoms with Gasteiger partial charge in [0.05, 0.1) is 0 Å². The molecular weight excluding hydrogens is 226 g/mol. The fourth-order valence-corrected chi connectivity index (χ4v) is 1.68. The van der Waals surface area contributed by atoms with E-state index in [2.05, 4.69) is 31.1 Å². The molecule has 100 valence electrons. The molecule has 1 rings (SSSR count). The lowest BCUT2D eigenvalue weighted by Crippen LogP contribution is -2.48. The van der Waals surface area contributed by atoms with E-state index in [9.17, 15) is 4.79 Å². The quantitative estimate of drug-likeness (QED) is 0.831. The van der Waals surface area contributed by atoms with Crippen molar-refractivity contribution in [2.24, 2.45) is 11.1 Å². The molecule has 0 saturated heterocycles. The molecule has 1 aromatic heterocycles. The summed E-state index contributed by atoms with van der Waals surface area (Å²) < 4.78 is 0. The largest absolute Gasteiger partial charge is 0.352 e. The summed E-state index contributed by atoms with van der Waals surface area (Å²) in [6.45, 7) is 6.68. The zero-order chi connectivity index (χ0) is 13.6. The van der Waals surface area contributed by atoms with Gasteiger partial charge in [-0.1, -0.05) is 26.8 Å². The van der Waals surface area contributed by atoms with Crippen LogP contribution in [-0.4, -0.2) is 23.5 Å². The second-order valence-electron chi connectivity index (χ2n) is 5.54. The normalized spacial score (nSPS) is 13.1. The van der Waals surface area contributed by atoms with Gasteiger partial charge in [0.2, 0.25) is 5.91 Å². The molecule has 0 saturated carbocycles. The summed E-state index contributed by atoms with van der Waals surface area (Å²) in [4.78, 5) is 16.0. The van der Waals surface area contributed by atoms with Gasteiger partial charge in [0.25, 0.3) is 0 Å².